The molecule has 0 unspecified atom stereocenters. The van der Waals surface area contributed by atoms with E-state index in [1.54, 1.807) is 11.8 Å². The Hall–Kier alpha value is -2.47. The Bertz CT molecular complexity index is 1040. The van der Waals surface area contributed by atoms with Crippen LogP contribution in [0.25, 0.3) is 0 Å². The maximum atomic E-state index is 13.4. The van der Waals surface area contributed by atoms with Crippen molar-refractivity contribution in [3.8, 4) is 0 Å². The molecule has 2 aliphatic rings. The van der Waals surface area contributed by atoms with Gasteiger partial charge >= 0.3 is 0 Å². The molecule has 1 fully saturated rings. The summed E-state index contributed by atoms with van der Waals surface area (Å²) < 4.78 is 0. The van der Waals surface area contributed by atoms with Crippen molar-refractivity contribution in [2.24, 2.45) is 0 Å². The average Bonchev–Trinajstić information content (AvgIpc) is 2.78. The molecule has 4 nitrogen and oxygen atoms in total. The first kappa shape index (κ1) is 19.5. The van der Waals surface area contributed by atoms with Crippen LogP contribution in [0.3, 0.4) is 0 Å². The van der Waals surface area contributed by atoms with Crippen LogP contribution in [0, 0.1) is 0 Å². The maximum absolute atomic E-state index is 13.4. The molecule has 30 heavy (non-hydrogen) atoms. The van der Waals surface area contributed by atoms with E-state index in [2.05, 4.69) is 28.0 Å². The predicted octanol–water partition coefficient (Wildman–Crippen LogP) is 5.29. The van der Waals surface area contributed by atoms with Gasteiger partial charge in [0.15, 0.2) is 0 Å². The minimum Gasteiger partial charge on any atom is -0.369 e. The van der Waals surface area contributed by atoms with Crippen LogP contribution in [0.15, 0.2) is 82.6 Å². The van der Waals surface area contributed by atoms with Crippen molar-refractivity contribution in [2.75, 3.05) is 42.5 Å². The Balaban J connectivity index is 1.31. The quantitative estimate of drug-likeness (QED) is 0.558. The van der Waals surface area contributed by atoms with Gasteiger partial charge < -0.3 is 4.90 Å². The van der Waals surface area contributed by atoms with Gasteiger partial charge in [-0.3, -0.25) is 14.6 Å². The third-order valence-electron chi connectivity index (χ3n) is 5.59. The molecule has 1 saturated heterocycles. The van der Waals surface area contributed by atoms with Gasteiger partial charge in [0.25, 0.3) is 0 Å². The number of benzene rings is 3. The zero-order chi connectivity index (χ0) is 20.5. The molecule has 2 aliphatic heterocycles. The molecule has 0 aromatic heterocycles. The van der Waals surface area contributed by atoms with Crippen LogP contribution in [-0.4, -0.2) is 43.5 Å². The van der Waals surface area contributed by atoms with Crippen LogP contribution in [0.5, 0.6) is 0 Å². The number of fused-ring (bicyclic) bond motifs is 2. The van der Waals surface area contributed by atoms with E-state index in [-0.39, 0.29) is 5.91 Å². The van der Waals surface area contributed by atoms with Gasteiger partial charge in [0.05, 0.1) is 17.9 Å². The number of carbonyl (C=O) groups is 1. The molecule has 0 saturated carbocycles. The second kappa shape index (κ2) is 8.34. The number of hydrogen-bond donors (Lipinski definition) is 0. The van der Waals surface area contributed by atoms with Gasteiger partial charge in [-0.15, -0.1) is 0 Å². The van der Waals surface area contributed by atoms with Crippen molar-refractivity contribution in [1.82, 2.24) is 4.90 Å². The number of piperazine rings is 1. The van der Waals surface area contributed by atoms with E-state index in [0.717, 1.165) is 58.1 Å². The lowest BCUT2D eigenvalue weighted by Gasteiger charge is -2.37. The average molecular weight is 436 g/mol. The number of nitrogens with zero attached hydrogens (tertiary/aromatic N) is 3. The Morgan fingerprint density at radius 1 is 0.833 bits per heavy atom. The number of para-hydroxylation sites is 2. The van der Waals surface area contributed by atoms with Gasteiger partial charge in [-0.1, -0.05) is 53.7 Å². The van der Waals surface area contributed by atoms with Crippen molar-refractivity contribution >= 4 is 46.3 Å². The molecule has 0 bridgehead atoms. The van der Waals surface area contributed by atoms with Gasteiger partial charge in [-0.25, -0.2) is 0 Å². The van der Waals surface area contributed by atoms with Gasteiger partial charge in [0.2, 0.25) is 5.91 Å². The van der Waals surface area contributed by atoms with Crippen LogP contribution in [0.4, 0.5) is 17.1 Å². The highest BCUT2D eigenvalue weighted by Crippen LogP contribution is 2.47. The standard InChI is InChI=1S/C24H22ClN3OS/c25-18-6-5-7-19(16-18)27-14-12-26(13-15-27)17-24(29)28-20-8-1-3-10-22(20)30-23-11-4-2-9-21(23)28/h1-11,16H,12-15,17H2. The summed E-state index contributed by atoms with van der Waals surface area (Å²) in [4.78, 5) is 22.1. The highest BCUT2D eigenvalue weighted by molar-refractivity contribution is 7.99. The lowest BCUT2D eigenvalue weighted by molar-refractivity contribution is -0.119. The van der Waals surface area contributed by atoms with Crippen LogP contribution < -0.4 is 9.80 Å². The minimum absolute atomic E-state index is 0.117. The largest absolute Gasteiger partial charge is 0.369 e. The van der Waals surface area contributed by atoms with Crippen molar-refractivity contribution in [1.29, 1.82) is 0 Å². The van der Waals surface area contributed by atoms with Crippen LogP contribution in [-0.2, 0) is 4.79 Å². The smallest absolute Gasteiger partial charge is 0.245 e. The zero-order valence-electron chi connectivity index (χ0n) is 16.5. The van der Waals surface area contributed by atoms with Crippen LogP contribution in [0.1, 0.15) is 0 Å². The van der Waals surface area contributed by atoms with E-state index in [0.29, 0.717) is 6.54 Å². The highest BCUT2D eigenvalue weighted by Gasteiger charge is 2.29. The summed E-state index contributed by atoms with van der Waals surface area (Å²) >= 11 is 7.87. The fraction of sp³-hybridized carbons (Fsp3) is 0.208. The molecule has 0 N–H and O–H groups in total. The Kier molecular flexibility index (Phi) is 5.42. The van der Waals surface area contributed by atoms with Gasteiger partial charge in [0.1, 0.15) is 0 Å². The van der Waals surface area contributed by atoms with Gasteiger partial charge in [0, 0.05) is 46.7 Å². The molecule has 0 atom stereocenters. The predicted molar refractivity (Wildman–Crippen MR) is 124 cm³/mol. The fourth-order valence-electron chi connectivity index (χ4n) is 4.07. The molecule has 6 heteroatoms. The maximum Gasteiger partial charge on any atom is 0.245 e. The summed E-state index contributed by atoms with van der Waals surface area (Å²) in [7, 11) is 0. The second-order valence-electron chi connectivity index (χ2n) is 7.51. The second-order valence-corrected chi connectivity index (χ2v) is 9.03. The summed E-state index contributed by atoms with van der Waals surface area (Å²) in [5.41, 5.74) is 3.09. The molecule has 0 radical (unpaired) electrons. The molecule has 0 spiro atoms. The van der Waals surface area contributed by atoms with Crippen molar-refractivity contribution in [3.63, 3.8) is 0 Å². The fourth-order valence-corrected chi connectivity index (χ4v) is 5.31. The van der Waals surface area contributed by atoms with E-state index in [4.69, 9.17) is 11.6 Å². The molecule has 3 aromatic rings. The highest BCUT2D eigenvalue weighted by atomic mass is 35.5. The molecular weight excluding hydrogens is 414 g/mol. The molecule has 3 aromatic carbocycles. The summed E-state index contributed by atoms with van der Waals surface area (Å²) in [6.07, 6.45) is 0. The minimum atomic E-state index is 0.117. The number of carbonyl (C=O) groups excluding carboxylic acids is 1. The number of amides is 1. The Labute approximate surface area is 186 Å². The zero-order valence-corrected chi connectivity index (χ0v) is 18.1. The molecular formula is C24H22ClN3OS. The molecule has 5 rings (SSSR count). The number of anilines is 3. The molecule has 2 heterocycles. The normalized spacial score (nSPS) is 16.2. The van der Waals surface area contributed by atoms with Crippen molar-refractivity contribution in [2.45, 2.75) is 9.79 Å². The molecule has 0 aliphatic carbocycles. The third kappa shape index (κ3) is 3.81. The van der Waals surface area contributed by atoms with E-state index in [1.807, 2.05) is 59.5 Å². The first-order valence-electron chi connectivity index (χ1n) is 10.1. The van der Waals surface area contributed by atoms with E-state index < -0.39 is 0 Å². The first-order chi connectivity index (χ1) is 14.7. The first-order valence-corrected chi connectivity index (χ1v) is 11.3. The van der Waals surface area contributed by atoms with Gasteiger partial charge in [-0.2, -0.15) is 0 Å². The lowest BCUT2D eigenvalue weighted by Crippen LogP contribution is -2.49. The van der Waals surface area contributed by atoms with E-state index >= 15 is 0 Å². The summed E-state index contributed by atoms with van der Waals surface area (Å²) in [6, 6.07) is 24.3. The molecule has 1 amide bonds. The number of hydrogen-bond acceptors (Lipinski definition) is 4. The van der Waals surface area contributed by atoms with Crippen molar-refractivity contribution < 1.29 is 4.79 Å². The number of halogens is 1. The lowest BCUT2D eigenvalue weighted by atomic mass is 10.2. The molecule has 152 valence electrons. The van der Waals surface area contributed by atoms with E-state index in [9.17, 15) is 4.79 Å². The number of rotatable bonds is 3. The van der Waals surface area contributed by atoms with Crippen LogP contribution in [0.2, 0.25) is 5.02 Å². The topological polar surface area (TPSA) is 26.8 Å². The summed E-state index contributed by atoms with van der Waals surface area (Å²) in [5, 5.41) is 0.755. The third-order valence-corrected chi connectivity index (χ3v) is 6.95. The Morgan fingerprint density at radius 3 is 2.10 bits per heavy atom. The van der Waals surface area contributed by atoms with Crippen molar-refractivity contribution in [3.05, 3.63) is 77.8 Å². The Morgan fingerprint density at radius 2 is 1.47 bits per heavy atom. The van der Waals surface area contributed by atoms with Crippen LogP contribution >= 0.6 is 23.4 Å². The SMILES string of the molecule is O=C(CN1CCN(c2cccc(Cl)c2)CC1)N1c2ccccc2Sc2ccccc21. The summed E-state index contributed by atoms with van der Waals surface area (Å²) in [6.45, 7) is 3.89. The van der Waals surface area contributed by atoms with Gasteiger partial charge in [-0.05, 0) is 42.5 Å². The monoisotopic (exact) mass is 435 g/mol. The summed E-state index contributed by atoms with van der Waals surface area (Å²) in [5.74, 6) is 0.117. The van der Waals surface area contributed by atoms with E-state index in [1.165, 1.54) is 0 Å².